The fraction of sp³-hybridized carbons (Fsp3) is 0.529. The van der Waals surface area contributed by atoms with E-state index in [0.29, 0.717) is 39.4 Å². The highest BCUT2D eigenvalue weighted by atomic mass is 16.5. The maximum Gasteiger partial charge on any atom is 0.312 e. The molecule has 6 nitrogen and oxygen atoms in total. The van der Waals surface area contributed by atoms with Crippen molar-refractivity contribution in [1.29, 1.82) is 0 Å². The fourth-order valence-electron chi connectivity index (χ4n) is 2.99. The molecule has 2 fully saturated rings. The Morgan fingerprint density at radius 2 is 1.39 bits per heavy atom. The Bertz CT molecular complexity index is 535. The first-order chi connectivity index (χ1) is 11.2. The number of benzene rings is 1. The lowest BCUT2D eigenvalue weighted by Gasteiger charge is -2.35. The zero-order chi connectivity index (χ0) is 16.1. The van der Waals surface area contributed by atoms with Crippen molar-refractivity contribution < 1.29 is 14.3 Å². The number of piperazine rings is 1. The molecular formula is C17H23N3O3. The predicted molar refractivity (Wildman–Crippen MR) is 85.7 cm³/mol. The van der Waals surface area contributed by atoms with E-state index in [1.165, 1.54) is 5.56 Å². The van der Waals surface area contributed by atoms with E-state index in [-0.39, 0.29) is 11.8 Å². The molecule has 2 aliphatic rings. The van der Waals surface area contributed by atoms with Crippen LogP contribution in [0, 0.1) is 0 Å². The average Bonchev–Trinajstić information content (AvgIpc) is 2.63. The smallest absolute Gasteiger partial charge is 0.312 e. The number of ether oxygens (including phenoxy) is 1. The second-order valence-electron chi connectivity index (χ2n) is 5.96. The fourth-order valence-corrected chi connectivity index (χ4v) is 2.99. The van der Waals surface area contributed by atoms with Crippen LogP contribution in [0.2, 0.25) is 0 Å². The van der Waals surface area contributed by atoms with Crippen LogP contribution >= 0.6 is 0 Å². The van der Waals surface area contributed by atoms with Crippen LogP contribution in [0.4, 0.5) is 0 Å². The van der Waals surface area contributed by atoms with Crippen molar-refractivity contribution in [2.45, 2.75) is 6.54 Å². The maximum absolute atomic E-state index is 12.3. The summed E-state index contributed by atoms with van der Waals surface area (Å²) in [5.41, 5.74) is 1.27. The third-order valence-electron chi connectivity index (χ3n) is 4.39. The van der Waals surface area contributed by atoms with Crippen molar-refractivity contribution in [2.75, 3.05) is 52.5 Å². The number of hydrogen-bond acceptors (Lipinski definition) is 4. The van der Waals surface area contributed by atoms with Crippen LogP contribution in [0.25, 0.3) is 0 Å². The monoisotopic (exact) mass is 317 g/mol. The third kappa shape index (κ3) is 4.09. The largest absolute Gasteiger partial charge is 0.378 e. The van der Waals surface area contributed by atoms with Crippen LogP contribution in [0.3, 0.4) is 0 Å². The number of morpholine rings is 1. The van der Waals surface area contributed by atoms with Crippen LogP contribution in [0.1, 0.15) is 5.56 Å². The standard InChI is InChI=1S/C17H23N3O3/c21-16(17(22)20-10-12-23-13-11-20)19-8-6-18(7-9-19)14-15-4-2-1-3-5-15/h1-5H,6-14H2. The van der Waals surface area contributed by atoms with Crippen molar-refractivity contribution in [1.82, 2.24) is 14.7 Å². The number of hydrogen-bond donors (Lipinski definition) is 0. The zero-order valence-electron chi connectivity index (χ0n) is 13.3. The van der Waals surface area contributed by atoms with Crippen LogP contribution in [0.15, 0.2) is 30.3 Å². The van der Waals surface area contributed by atoms with E-state index in [0.717, 1.165) is 19.6 Å². The SMILES string of the molecule is O=C(C(=O)N1CCN(Cc2ccccc2)CC1)N1CCOCC1. The number of carbonyl (C=O) groups excluding carboxylic acids is 2. The Morgan fingerprint density at radius 3 is 2.00 bits per heavy atom. The van der Waals surface area contributed by atoms with E-state index in [2.05, 4.69) is 17.0 Å². The van der Waals surface area contributed by atoms with Gasteiger partial charge in [-0.1, -0.05) is 30.3 Å². The minimum atomic E-state index is -0.384. The summed E-state index contributed by atoms with van der Waals surface area (Å²) in [6.07, 6.45) is 0. The lowest BCUT2D eigenvalue weighted by Crippen LogP contribution is -2.54. The highest BCUT2D eigenvalue weighted by molar-refractivity contribution is 6.34. The van der Waals surface area contributed by atoms with Gasteiger partial charge in [0.25, 0.3) is 0 Å². The maximum atomic E-state index is 12.3. The molecule has 3 rings (SSSR count). The molecule has 0 N–H and O–H groups in total. The molecule has 2 amide bonds. The van der Waals surface area contributed by atoms with Gasteiger partial charge in [-0.15, -0.1) is 0 Å². The van der Waals surface area contributed by atoms with Crippen molar-refractivity contribution in [2.24, 2.45) is 0 Å². The summed E-state index contributed by atoms with van der Waals surface area (Å²) >= 11 is 0. The van der Waals surface area contributed by atoms with Crippen molar-refractivity contribution in [3.8, 4) is 0 Å². The summed E-state index contributed by atoms with van der Waals surface area (Å²) in [6, 6.07) is 10.3. The molecule has 0 atom stereocenters. The molecule has 23 heavy (non-hydrogen) atoms. The quantitative estimate of drug-likeness (QED) is 0.731. The molecule has 0 aromatic heterocycles. The van der Waals surface area contributed by atoms with Gasteiger partial charge in [-0.25, -0.2) is 0 Å². The molecule has 0 radical (unpaired) electrons. The van der Waals surface area contributed by atoms with Gasteiger partial charge in [0.05, 0.1) is 13.2 Å². The van der Waals surface area contributed by atoms with Crippen molar-refractivity contribution in [3.63, 3.8) is 0 Å². The summed E-state index contributed by atoms with van der Waals surface area (Å²) in [4.78, 5) is 30.2. The van der Waals surface area contributed by atoms with Gasteiger partial charge in [0.15, 0.2) is 0 Å². The molecule has 0 unspecified atom stereocenters. The third-order valence-corrected chi connectivity index (χ3v) is 4.39. The molecule has 2 heterocycles. The van der Waals surface area contributed by atoms with Gasteiger partial charge in [-0.2, -0.15) is 0 Å². The van der Waals surface area contributed by atoms with Gasteiger partial charge in [-0.3, -0.25) is 14.5 Å². The number of carbonyl (C=O) groups is 2. The second kappa shape index (κ2) is 7.57. The molecule has 6 heteroatoms. The van der Waals surface area contributed by atoms with Crippen LogP contribution in [0.5, 0.6) is 0 Å². The van der Waals surface area contributed by atoms with Crippen LogP contribution in [-0.4, -0.2) is 79.0 Å². The summed E-state index contributed by atoms with van der Waals surface area (Å²) in [7, 11) is 0. The molecule has 0 spiro atoms. The molecule has 2 saturated heterocycles. The molecule has 0 bridgehead atoms. The first-order valence-electron chi connectivity index (χ1n) is 8.16. The van der Waals surface area contributed by atoms with Crippen LogP contribution < -0.4 is 0 Å². The molecule has 1 aromatic carbocycles. The Morgan fingerprint density at radius 1 is 0.826 bits per heavy atom. The Balaban J connectivity index is 1.48. The molecule has 0 saturated carbocycles. The lowest BCUT2D eigenvalue weighted by molar-refractivity contribution is -0.155. The van der Waals surface area contributed by atoms with Gasteiger partial charge in [0, 0.05) is 45.8 Å². The Hall–Kier alpha value is -1.92. The summed E-state index contributed by atoms with van der Waals surface area (Å²) in [6.45, 7) is 5.78. The predicted octanol–water partition coefficient (Wildman–Crippen LogP) is 0.190. The van der Waals surface area contributed by atoms with Crippen LogP contribution in [-0.2, 0) is 20.9 Å². The minimum absolute atomic E-state index is 0.369. The van der Waals surface area contributed by atoms with E-state index in [4.69, 9.17) is 4.74 Å². The van der Waals surface area contributed by atoms with Gasteiger partial charge in [0.2, 0.25) is 0 Å². The van der Waals surface area contributed by atoms with E-state index < -0.39 is 0 Å². The van der Waals surface area contributed by atoms with Crippen molar-refractivity contribution in [3.05, 3.63) is 35.9 Å². The average molecular weight is 317 g/mol. The topological polar surface area (TPSA) is 53.1 Å². The highest BCUT2D eigenvalue weighted by Gasteiger charge is 2.30. The van der Waals surface area contributed by atoms with Gasteiger partial charge < -0.3 is 14.5 Å². The first kappa shape index (κ1) is 16.0. The highest BCUT2D eigenvalue weighted by Crippen LogP contribution is 2.09. The zero-order valence-corrected chi connectivity index (χ0v) is 13.3. The van der Waals surface area contributed by atoms with Gasteiger partial charge in [0.1, 0.15) is 0 Å². The molecule has 0 aliphatic carbocycles. The summed E-state index contributed by atoms with van der Waals surface area (Å²) in [5.74, 6) is -0.754. The van der Waals surface area contributed by atoms with E-state index >= 15 is 0 Å². The van der Waals surface area contributed by atoms with Gasteiger partial charge in [-0.05, 0) is 5.56 Å². The number of nitrogens with zero attached hydrogens (tertiary/aromatic N) is 3. The molecule has 124 valence electrons. The lowest BCUT2D eigenvalue weighted by atomic mass is 10.2. The molecule has 2 aliphatic heterocycles. The summed E-state index contributed by atoms with van der Waals surface area (Å²) in [5, 5.41) is 0. The Kier molecular flexibility index (Phi) is 5.25. The normalized spacial score (nSPS) is 19.7. The molecule has 1 aromatic rings. The van der Waals surface area contributed by atoms with E-state index in [9.17, 15) is 9.59 Å². The number of amides is 2. The van der Waals surface area contributed by atoms with Gasteiger partial charge >= 0.3 is 11.8 Å². The minimum Gasteiger partial charge on any atom is -0.378 e. The second-order valence-corrected chi connectivity index (χ2v) is 5.96. The number of rotatable bonds is 2. The summed E-state index contributed by atoms with van der Waals surface area (Å²) < 4.78 is 5.22. The van der Waals surface area contributed by atoms with E-state index in [1.54, 1.807) is 9.80 Å². The molecular weight excluding hydrogens is 294 g/mol. The first-order valence-corrected chi connectivity index (χ1v) is 8.16. The Labute approximate surface area is 136 Å². The van der Waals surface area contributed by atoms with Crippen molar-refractivity contribution >= 4 is 11.8 Å². The van der Waals surface area contributed by atoms with E-state index in [1.807, 2.05) is 18.2 Å².